The van der Waals surface area contributed by atoms with Gasteiger partial charge in [-0.25, -0.2) is 0 Å². The molecule has 0 fully saturated rings. The average molecular weight is 235 g/mol. The molecule has 0 atom stereocenters. The van der Waals surface area contributed by atoms with Crippen LogP contribution >= 0.6 is 0 Å². The molecule has 0 saturated heterocycles. The molecular weight excluding hydrogens is 224 g/mol. The number of carbonyl (C=O) groups excluding carboxylic acids is 2. The van der Waals surface area contributed by atoms with E-state index in [2.05, 4.69) is 0 Å². The molecule has 0 aromatic heterocycles. The van der Waals surface area contributed by atoms with Gasteiger partial charge in [0.05, 0.1) is 0 Å². The molecule has 0 aliphatic heterocycles. The lowest BCUT2D eigenvalue weighted by atomic mass is 9.94. The topological polar surface area (TPSA) is 54.4 Å². The van der Waals surface area contributed by atoms with E-state index < -0.39 is 22.5 Å². The molecular formula is C12H11O3S+. The van der Waals surface area contributed by atoms with E-state index in [4.69, 9.17) is 0 Å². The number of benzene rings is 1. The summed E-state index contributed by atoms with van der Waals surface area (Å²) in [6, 6.07) is 6.63. The first-order valence-corrected chi connectivity index (χ1v) is 6.77. The van der Waals surface area contributed by atoms with Crippen LogP contribution in [0.2, 0.25) is 0 Å². The SMILES string of the molecule is C[S+](C)C1=C(O)c2ccccc2C(=O)C1=O. The van der Waals surface area contributed by atoms with E-state index in [1.807, 2.05) is 12.5 Å². The highest BCUT2D eigenvalue weighted by molar-refractivity contribution is 8.00. The van der Waals surface area contributed by atoms with Crippen molar-refractivity contribution in [2.24, 2.45) is 0 Å². The number of ketones is 2. The minimum Gasteiger partial charge on any atom is -0.503 e. The fourth-order valence-corrected chi connectivity index (χ4v) is 2.68. The quantitative estimate of drug-likeness (QED) is 0.593. The Kier molecular flexibility index (Phi) is 2.59. The number of hydrogen-bond acceptors (Lipinski definition) is 3. The number of rotatable bonds is 1. The van der Waals surface area contributed by atoms with Crippen molar-refractivity contribution in [2.75, 3.05) is 12.5 Å². The van der Waals surface area contributed by atoms with Gasteiger partial charge in [0.1, 0.15) is 12.5 Å². The predicted octanol–water partition coefficient (Wildman–Crippen LogP) is 1.56. The highest BCUT2D eigenvalue weighted by atomic mass is 32.2. The molecule has 0 spiro atoms. The van der Waals surface area contributed by atoms with Crippen molar-refractivity contribution in [3.63, 3.8) is 0 Å². The van der Waals surface area contributed by atoms with Crippen molar-refractivity contribution in [1.29, 1.82) is 0 Å². The summed E-state index contributed by atoms with van der Waals surface area (Å²) in [5.74, 6) is -1.15. The van der Waals surface area contributed by atoms with Crippen molar-refractivity contribution in [2.45, 2.75) is 0 Å². The molecule has 1 aromatic carbocycles. The fraction of sp³-hybridized carbons (Fsp3) is 0.167. The van der Waals surface area contributed by atoms with Gasteiger partial charge in [0.2, 0.25) is 10.7 Å². The lowest BCUT2D eigenvalue weighted by Gasteiger charge is -2.14. The van der Waals surface area contributed by atoms with Gasteiger partial charge in [-0.2, -0.15) is 0 Å². The number of fused-ring (bicyclic) bond motifs is 1. The van der Waals surface area contributed by atoms with Crippen molar-refractivity contribution < 1.29 is 14.7 Å². The summed E-state index contributed by atoms with van der Waals surface area (Å²) in [7, 11) is -0.431. The molecule has 0 radical (unpaired) electrons. The zero-order valence-electron chi connectivity index (χ0n) is 8.98. The van der Waals surface area contributed by atoms with Crippen LogP contribution in [0.5, 0.6) is 0 Å². The number of hydrogen-bond donors (Lipinski definition) is 1. The summed E-state index contributed by atoms with van der Waals surface area (Å²) in [5, 5.41) is 9.99. The van der Waals surface area contributed by atoms with Crippen LogP contribution in [-0.2, 0) is 15.7 Å². The van der Waals surface area contributed by atoms with E-state index in [1.165, 1.54) is 0 Å². The molecule has 0 heterocycles. The van der Waals surface area contributed by atoms with Crippen LogP contribution in [-0.4, -0.2) is 29.2 Å². The number of aliphatic hydroxyl groups excluding tert-OH is 1. The van der Waals surface area contributed by atoms with Crippen LogP contribution in [0.1, 0.15) is 15.9 Å². The zero-order valence-corrected chi connectivity index (χ0v) is 9.80. The maximum Gasteiger partial charge on any atom is 0.284 e. The van der Waals surface area contributed by atoms with Gasteiger partial charge in [0, 0.05) is 22.0 Å². The Morgan fingerprint density at radius 2 is 1.56 bits per heavy atom. The molecule has 1 aliphatic rings. The third-order valence-corrected chi connectivity index (χ3v) is 3.66. The van der Waals surface area contributed by atoms with Crippen LogP contribution < -0.4 is 0 Å². The molecule has 0 bridgehead atoms. The molecule has 3 nitrogen and oxygen atoms in total. The van der Waals surface area contributed by atoms with Crippen molar-refractivity contribution in [3.05, 3.63) is 40.3 Å². The van der Waals surface area contributed by atoms with Crippen LogP contribution in [0.25, 0.3) is 5.76 Å². The molecule has 4 heteroatoms. The van der Waals surface area contributed by atoms with Gasteiger partial charge in [0.15, 0.2) is 5.76 Å². The Hall–Kier alpha value is -1.55. The molecule has 2 rings (SSSR count). The molecule has 0 saturated carbocycles. The Labute approximate surface area is 96.1 Å². The zero-order chi connectivity index (χ0) is 11.9. The molecule has 1 aromatic rings. The average Bonchev–Trinajstić information content (AvgIpc) is 2.26. The maximum absolute atomic E-state index is 11.8. The summed E-state index contributed by atoms with van der Waals surface area (Å²) < 4.78 is 0. The van der Waals surface area contributed by atoms with Crippen molar-refractivity contribution in [3.8, 4) is 0 Å². The standard InChI is InChI=1S/C12H10O3S/c1-16(2)12-10(14)8-6-4-3-5-7(8)9(13)11(12)15/h3-6H,1-2H3/p+1. The lowest BCUT2D eigenvalue weighted by molar-refractivity contribution is -0.111. The molecule has 82 valence electrons. The fourth-order valence-electron chi connectivity index (χ4n) is 1.72. The minimum absolute atomic E-state index is 0.0477. The summed E-state index contributed by atoms with van der Waals surface area (Å²) in [6.45, 7) is 0. The van der Waals surface area contributed by atoms with Crippen LogP contribution in [0.15, 0.2) is 29.2 Å². The maximum atomic E-state index is 11.8. The Bertz CT molecular complexity index is 515. The first-order valence-electron chi connectivity index (χ1n) is 4.73. The molecule has 1 aliphatic carbocycles. The Morgan fingerprint density at radius 1 is 1.00 bits per heavy atom. The van der Waals surface area contributed by atoms with Gasteiger partial charge in [0.25, 0.3) is 5.78 Å². The van der Waals surface area contributed by atoms with Gasteiger partial charge in [-0.15, -0.1) is 0 Å². The third-order valence-electron chi connectivity index (χ3n) is 2.46. The second-order valence-electron chi connectivity index (χ2n) is 3.70. The second-order valence-corrected chi connectivity index (χ2v) is 5.74. The summed E-state index contributed by atoms with van der Waals surface area (Å²) in [4.78, 5) is 23.8. The number of Topliss-reactive ketones (excluding diaryl/α,β-unsaturated/α-hetero) is 2. The summed E-state index contributed by atoms with van der Waals surface area (Å²) in [5.41, 5.74) is 0.752. The highest BCUT2D eigenvalue weighted by Gasteiger charge is 2.39. The molecule has 0 unspecified atom stereocenters. The van der Waals surface area contributed by atoms with Crippen LogP contribution in [0.3, 0.4) is 0 Å². The van der Waals surface area contributed by atoms with Crippen LogP contribution in [0, 0.1) is 0 Å². The summed E-state index contributed by atoms with van der Waals surface area (Å²) in [6.07, 6.45) is 3.62. The van der Waals surface area contributed by atoms with E-state index in [0.717, 1.165) is 0 Å². The second kappa shape index (κ2) is 3.79. The number of aliphatic hydroxyl groups is 1. The van der Waals surface area contributed by atoms with Gasteiger partial charge >= 0.3 is 0 Å². The summed E-state index contributed by atoms with van der Waals surface area (Å²) >= 11 is 0. The first kappa shape index (κ1) is 11.0. The van der Waals surface area contributed by atoms with E-state index in [0.29, 0.717) is 11.1 Å². The molecule has 16 heavy (non-hydrogen) atoms. The highest BCUT2D eigenvalue weighted by Crippen LogP contribution is 2.29. The van der Waals surface area contributed by atoms with E-state index in [1.54, 1.807) is 24.3 Å². The predicted molar refractivity (Wildman–Crippen MR) is 64.5 cm³/mol. The largest absolute Gasteiger partial charge is 0.503 e. The van der Waals surface area contributed by atoms with Crippen LogP contribution in [0.4, 0.5) is 0 Å². The molecule has 1 N–H and O–H groups in total. The van der Waals surface area contributed by atoms with E-state index >= 15 is 0 Å². The van der Waals surface area contributed by atoms with E-state index in [-0.39, 0.29) is 10.7 Å². The lowest BCUT2D eigenvalue weighted by Crippen LogP contribution is -2.27. The normalized spacial score (nSPS) is 15.7. The van der Waals surface area contributed by atoms with E-state index in [9.17, 15) is 14.7 Å². The number of carbonyl (C=O) groups is 2. The van der Waals surface area contributed by atoms with Gasteiger partial charge < -0.3 is 5.11 Å². The van der Waals surface area contributed by atoms with Crippen molar-refractivity contribution in [1.82, 2.24) is 0 Å². The first-order chi connectivity index (χ1) is 7.54. The smallest absolute Gasteiger partial charge is 0.284 e. The minimum atomic E-state index is -0.579. The Balaban J connectivity index is 2.74. The van der Waals surface area contributed by atoms with Gasteiger partial charge in [-0.05, 0) is 0 Å². The monoisotopic (exact) mass is 235 g/mol. The number of allylic oxidation sites excluding steroid dienone is 1. The van der Waals surface area contributed by atoms with Crippen molar-refractivity contribution >= 4 is 28.2 Å². The molecule has 0 amide bonds. The Morgan fingerprint density at radius 3 is 2.12 bits per heavy atom. The van der Waals surface area contributed by atoms with Gasteiger partial charge in [-0.1, -0.05) is 24.3 Å². The van der Waals surface area contributed by atoms with Gasteiger partial charge in [-0.3, -0.25) is 9.59 Å². The third kappa shape index (κ3) is 1.46.